The molecule has 3 atom stereocenters. The summed E-state index contributed by atoms with van der Waals surface area (Å²) in [6.07, 6.45) is 38.5. The molecule has 0 saturated carbocycles. The van der Waals surface area contributed by atoms with Gasteiger partial charge in [0.2, 0.25) is 5.91 Å². The number of rotatable bonds is 39. The molecule has 0 aliphatic carbocycles. The summed E-state index contributed by atoms with van der Waals surface area (Å²) in [6.45, 7) is 4.80. The standard InChI is InChI=1S/C42H85N2O6P/c1-6-8-10-12-14-16-18-19-20-21-22-23-24-25-26-28-30-32-34-36-42(46)43-40(39-50-51(47,48)49-38-37-44(3,4)5)41(45)35-33-31-29-27-17-15-13-11-9-7-2/h33,35,40-41,45H,6-32,34,36-39H2,1-5H3,(H-,43,46,47,48)/p+1/b35-33+/t40-,41+/m0/s1. The molecule has 3 N–H and O–H groups in total. The molecule has 1 amide bonds. The highest BCUT2D eigenvalue weighted by atomic mass is 31.2. The number of likely N-dealkylation sites (N-methyl/N-ethyl adjacent to an activating group) is 1. The Hall–Kier alpha value is -0.760. The van der Waals surface area contributed by atoms with Gasteiger partial charge in [-0.25, -0.2) is 4.57 Å². The van der Waals surface area contributed by atoms with Crippen LogP contribution in [0.3, 0.4) is 0 Å². The molecular formula is C42H86N2O6P+. The van der Waals surface area contributed by atoms with Crippen molar-refractivity contribution in [1.82, 2.24) is 5.32 Å². The molecule has 0 aliphatic rings. The fourth-order valence-electron chi connectivity index (χ4n) is 6.28. The molecule has 0 rings (SSSR count). The first-order valence-electron chi connectivity index (χ1n) is 21.6. The first-order chi connectivity index (χ1) is 24.5. The molecular weight excluding hydrogens is 659 g/mol. The van der Waals surface area contributed by atoms with Crippen molar-refractivity contribution in [3.8, 4) is 0 Å². The van der Waals surface area contributed by atoms with Crippen molar-refractivity contribution in [2.75, 3.05) is 40.9 Å². The van der Waals surface area contributed by atoms with Gasteiger partial charge in [-0.15, -0.1) is 0 Å². The second-order valence-corrected chi connectivity index (χ2v) is 17.5. The van der Waals surface area contributed by atoms with Gasteiger partial charge in [0.05, 0.1) is 39.9 Å². The number of nitrogens with zero attached hydrogens (tertiary/aromatic N) is 1. The van der Waals surface area contributed by atoms with Gasteiger partial charge in [0.25, 0.3) is 0 Å². The van der Waals surface area contributed by atoms with Crippen molar-refractivity contribution in [3.05, 3.63) is 12.2 Å². The van der Waals surface area contributed by atoms with Crippen LogP contribution >= 0.6 is 7.82 Å². The summed E-state index contributed by atoms with van der Waals surface area (Å²) in [4.78, 5) is 23.0. The normalized spacial score (nSPS) is 14.6. The second-order valence-electron chi connectivity index (χ2n) is 16.1. The van der Waals surface area contributed by atoms with E-state index in [1.807, 2.05) is 27.2 Å². The van der Waals surface area contributed by atoms with Crippen LogP contribution in [0.2, 0.25) is 0 Å². The minimum absolute atomic E-state index is 0.0643. The zero-order chi connectivity index (χ0) is 37.9. The molecule has 0 bridgehead atoms. The van der Waals surface area contributed by atoms with E-state index in [0.29, 0.717) is 17.4 Å². The molecule has 8 nitrogen and oxygen atoms in total. The molecule has 0 saturated heterocycles. The molecule has 9 heteroatoms. The first-order valence-corrected chi connectivity index (χ1v) is 23.1. The van der Waals surface area contributed by atoms with Crippen LogP contribution in [0.1, 0.15) is 200 Å². The van der Waals surface area contributed by atoms with Gasteiger partial charge in [0, 0.05) is 6.42 Å². The van der Waals surface area contributed by atoms with E-state index in [1.165, 1.54) is 141 Å². The maximum atomic E-state index is 12.8. The minimum atomic E-state index is -4.32. The minimum Gasteiger partial charge on any atom is -0.387 e. The van der Waals surface area contributed by atoms with E-state index < -0.39 is 20.0 Å². The molecule has 0 radical (unpaired) electrons. The Morgan fingerprint density at radius 3 is 1.45 bits per heavy atom. The van der Waals surface area contributed by atoms with E-state index in [1.54, 1.807) is 6.08 Å². The lowest BCUT2D eigenvalue weighted by atomic mass is 10.0. The van der Waals surface area contributed by atoms with Crippen LogP contribution < -0.4 is 5.32 Å². The summed E-state index contributed by atoms with van der Waals surface area (Å²) in [6, 6.07) is -0.838. The fraction of sp³-hybridized carbons (Fsp3) is 0.929. The van der Waals surface area contributed by atoms with E-state index >= 15 is 0 Å². The summed E-state index contributed by atoms with van der Waals surface area (Å²) in [7, 11) is 1.58. The Balaban J connectivity index is 4.30. The van der Waals surface area contributed by atoms with E-state index in [-0.39, 0.29) is 19.1 Å². The lowest BCUT2D eigenvalue weighted by Crippen LogP contribution is -2.45. The molecule has 0 aromatic carbocycles. The zero-order valence-corrected chi connectivity index (χ0v) is 35.3. The monoisotopic (exact) mass is 746 g/mol. The molecule has 0 heterocycles. The van der Waals surface area contributed by atoms with Gasteiger partial charge in [-0.05, 0) is 19.3 Å². The number of allylic oxidation sites excluding steroid dienone is 1. The highest BCUT2D eigenvalue weighted by molar-refractivity contribution is 7.47. The second kappa shape index (κ2) is 35.0. The summed E-state index contributed by atoms with van der Waals surface area (Å²) >= 11 is 0. The highest BCUT2D eigenvalue weighted by Gasteiger charge is 2.27. The Morgan fingerprint density at radius 1 is 0.647 bits per heavy atom. The topological polar surface area (TPSA) is 105 Å². The molecule has 0 aliphatic heterocycles. The van der Waals surface area contributed by atoms with Crippen molar-refractivity contribution >= 4 is 13.7 Å². The van der Waals surface area contributed by atoms with Crippen LogP contribution in [0, 0.1) is 0 Å². The van der Waals surface area contributed by atoms with Gasteiger partial charge in [0.1, 0.15) is 13.2 Å². The summed E-state index contributed by atoms with van der Waals surface area (Å²) < 4.78 is 23.5. The molecule has 0 aromatic heterocycles. The van der Waals surface area contributed by atoms with Crippen LogP contribution in [0.4, 0.5) is 0 Å². The number of unbranched alkanes of at least 4 members (excludes halogenated alkanes) is 26. The molecule has 0 spiro atoms. The maximum absolute atomic E-state index is 12.8. The third-order valence-electron chi connectivity index (χ3n) is 9.76. The van der Waals surface area contributed by atoms with Crippen molar-refractivity contribution in [3.63, 3.8) is 0 Å². The van der Waals surface area contributed by atoms with Gasteiger partial charge in [-0.1, -0.05) is 187 Å². The van der Waals surface area contributed by atoms with E-state index in [9.17, 15) is 19.4 Å². The maximum Gasteiger partial charge on any atom is 0.472 e. The Labute approximate surface area is 316 Å². The van der Waals surface area contributed by atoms with Crippen molar-refractivity contribution in [2.24, 2.45) is 0 Å². The quantitative estimate of drug-likeness (QED) is 0.0250. The number of phosphoric ester groups is 1. The Kier molecular flexibility index (Phi) is 34.5. The third kappa shape index (κ3) is 37.4. The number of quaternary nitrogens is 1. The molecule has 304 valence electrons. The number of amides is 1. The average Bonchev–Trinajstić information content (AvgIpc) is 3.07. The molecule has 0 aromatic rings. The number of hydrogen-bond acceptors (Lipinski definition) is 5. The van der Waals surface area contributed by atoms with Gasteiger partial charge in [0.15, 0.2) is 0 Å². The highest BCUT2D eigenvalue weighted by Crippen LogP contribution is 2.43. The van der Waals surface area contributed by atoms with Crippen LogP contribution in [0.15, 0.2) is 12.2 Å². The number of carbonyl (C=O) groups excluding carboxylic acids is 1. The number of aliphatic hydroxyl groups is 1. The SMILES string of the molecule is CCCCCCCCCC/C=C/[C@@H](O)[C@H](COP(=O)(O)OCC[N+](C)(C)C)NC(=O)CCCCCCCCCCCCCCCCCCCCC. The molecule has 51 heavy (non-hydrogen) atoms. The van der Waals surface area contributed by atoms with Gasteiger partial charge in [-0.2, -0.15) is 0 Å². The fourth-order valence-corrected chi connectivity index (χ4v) is 7.01. The first kappa shape index (κ1) is 50.2. The number of aliphatic hydroxyl groups excluding tert-OH is 1. The number of carbonyl (C=O) groups is 1. The van der Waals surface area contributed by atoms with E-state index in [0.717, 1.165) is 38.5 Å². The van der Waals surface area contributed by atoms with Gasteiger partial charge >= 0.3 is 7.82 Å². The Morgan fingerprint density at radius 2 is 1.04 bits per heavy atom. The van der Waals surface area contributed by atoms with Gasteiger partial charge < -0.3 is 19.8 Å². The average molecular weight is 746 g/mol. The third-order valence-corrected chi connectivity index (χ3v) is 10.7. The molecule has 1 unspecified atom stereocenters. The predicted octanol–water partition coefficient (Wildman–Crippen LogP) is 11.6. The van der Waals surface area contributed by atoms with Crippen molar-refractivity contribution < 1.29 is 32.9 Å². The van der Waals surface area contributed by atoms with Crippen LogP contribution in [0.25, 0.3) is 0 Å². The van der Waals surface area contributed by atoms with E-state index in [2.05, 4.69) is 19.2 Å². The lowest BCUT2D eigenvalue weighted by Gasteiger charge is -2.25. The molecule has 0 fully saturated rings. The number of phosphoric acid groups is 1. The van der Waals surface area contributed by atoms with Crippen LogP contribution in [-0.2, 0) is 18.4 Å². The lowest BCUT2D eigenvalue weighted by molar-refractivity contribution is -0.870. The Bertz CT molecular complexity index is 850. The summed E-state index contributed by atoms with van der Waals surface area (Å²) in [5, 5.41) is 13.8. The van der Waals surface area contributed by atoms with E-state index in [4.69, 9.17) is 9.05 Å². The summed E-state index contributed by atoms with van der Waals surface area (Å²) in [5.41, 5.74) is 0. The van der Waals surface area contributed by atoms with Crippen molar-refractivity contribution in [1.29, 1.82) is 0 Å². The largest absolute Gasteiger partial charge is 0.472 e. The smallest absolute Gasteiger partial charge is 0.387 e. The predicted molar refractivity (Wildman–Crippen MR) is 217 cm³/mol. The zero-order valence-electron chi connectivity index (χ0n) is 34.4. The summed E-state index contributed by atoms with van der Waals surface area (Å²) in [5.74, 6) is -0.176. The van der Waals surface area contributed by atoms with Gasteiger partial charge in [-0.3, -0.25) is 13.8 Å². The number of hydrogen-bond donors (Lipinski definition) is 3. The van der Waals surface area contributed by atoms with Crippen molar-refractivity contribution in [2.45, 2.75) is 212 Å². The van der Waals surface area contributed by atoms with Crippen LogP contribution in [-0.4, -0.2) is 73.4 Å². The number of nitrogens with one attached hydrogen (secondary N) is 1. The van der Waals surface area contributed by atoms with Crippen LogP contribution in [0.5, 0.6) is 0 Å².